The molecule has 0 spiro atoms. The molecule has 0 bridgehead atoms. The minimum Gasteiger partial charge on any atom is -0.490 e. The van der Waals surface area contributed by atoms with E-state index in [1.165, 1.54) is 0 Å². The molecule has 2 unspecified atom stereocenters. The average Bonchev–Trinajstić information content (AvgIpc) is 3.41. The van der Waals surface area contributed by atoms with Gasteiger partial charge < -0.3 is 34.7 Å². The number of nitrogens with one attached hydrogen (secondary N) is 2. The van der Waals surface area contributed by atoms with Crippen LogP contribution in [0, 0.1) is 12.8 Å². The van der Waals surface area contributed by atoms with Gasteiger partial charge in [0.15, 0.2) is 11.5 Å². The Kier molecular flexibility index (Phi) is 13.2. The summed E-state index contributed by atoms with van der Waals surface area (Å²) in [6.07, 6.45) is 3.69. The molecule has 2 rings (SSSR count). The molecule has 0 aliphatic carbocycles. The van der Waals surface area contributed by atoms with Crippen LogP contribution in [0.4, 0.5) is 0 Å². The summed E-state index contributed by atoms with van der Waals surface area (Å²) in [6, 6.07) is 3.47. The first-order chi connectivity index (χ1) is 17.7. The smallest absolute Gasteiger partial charge is 0.338 e. The standard InChI is InChI=1S/C28H46N2O7/c1-6-8-11-35-24-14-20(3)23(15-25(24)36-12-9-7-2)27(33)37-18-22(31)16-30-28(4,5)19-29-26(32)21-10-13-34-17-21/h14-15,21-22,30-31H,6-13,16-19H2,1-5H3,(H,29,32). The Morgan fingerprint density at radius 1 is 1.14 bits per heavy atom. The van der Waals surface area contributed by atoms with Crippen LogP contribution < -0.4 is 20.1 Å². The van der Waals surface area contributed by atoms with Gasteiger partial charge in [0.2, 0.25) is 5.91 Å². The van der Waals surface area contributed by atoms with Crippen LogP contribution in [-0.2, 0) is 14.3 Å². The first kappa shape index (κ1) is 30.9. The normalized spacial score (nSPS) is 16.3. The van der Waals surface area contributed by atoms with Gasteiger partial charge in [0.25, 0.3) is 0 Å². The van der Waals surface area contributed by atoms with Crippen molar-refractivity contribution in [2.75, 3.05) is 46.1 Å². The van der Waals surface area contributed by atoms with Crippen molar-refractivity contribution in [3.8, 4) is 11.5 Å². The number of esters is 1. The SMILES string of the molecule is CCCCOc1cc(C)c(C(=O)OCC(O)CNC(C)(C)CNC(=O)C2CCOC2)cc1OCCCC. The Hall–Kier alpha value is -2.36. The molecule has 1 aliphatic heterocycles. The lowest BCUT2D eigenvalue weighted by molar-refractivity contribution is -0.125. The summed E-state index contributed by atoms with van der Waals surface area (Å²) in [5, 5.41) is 16.6. The number of carbonyl (C=O) groups excluding carboxylic acids is 2. The topological polar surface area (TPSA) is 115 Å². The van der Waals surface area contributed by atoms with Crippen molar-refractivity contribution in [1.82, 2.24) is 10.6 Å². The number of benzene rings is 1. The van der Waals surface area contributed by atoms with E-state index < -0.39 is 17.6 Å². The molecule has 9 nitrogen and oxygen atoms in total. The molecule has 9 heteroatoms. The minimum atomic E-state index is -0.903. The number of carbonyl (C=O) groups is 2. The van der Waals surface area contributed by atoms with Gasteiger partial charge in [0.1, 0.15) is 12.7 Å². The second-order valence-corrected chi connectivity index (χ2v) is 10.3. The van der Waals surface area contributed by atoms with Gasteiger partial charge in [-0.05, 0) is 57.7 Å². The summed E-state index contributed by atoms with van der Waals surface area (Å²) < 4.78 is 22.5. The third kappa shape index (κ3) is 10.9. The van der Waals surface area contributed by atoms with E-state index in [4.69, 9.17) is 18.9 Å². The highest BCUT2D eigenvalue weighted by Crippen LogP contribution is 2.32. The molecule has 1 amide bonds. The highest BCUT2D eigenvalue weighted by atomic mass is 16.5. The fourth-order valence-electron chi connectivity index (χ4n) is 3.72. The van der Waals surface area contributed by atoms with Crippen molar-refractivity contribution in [2.45, 2.75) is 78.4 Å². The van der Waals surface area contributed by atoms with Crippen molar-refractivity contribution < 1.29 is 33.6 Å². The van der Waals surface area contributed by atoms with E-state index in [9.17, 15) is 14.7 Å². The lowest BCUT2D eigenvalue weighted by atomic mass is 10.0. The van der Waals surface area contributed by atoms with Gasteiger partial charge in [-0.15, -0.1) is 0 Å². The number of ether oxygens (including phenoxy) is 4. The van der Waals surface area contributed by atoms with Gasteiger partial charge in [-0.1, -0.05) is 26.7 Å². The van der Waals surface area contributed by atoms with Crippen LogP contribution in [0.5, 0.6) is 11.5 Å². The van der Waals surface area contributed by atoms with Gasteiger partial charge in [-0.3, -0.25) is 4.79 Å². The van der Waals surface area contributed by atoms with Gasteiger partial charge >= 0.3 is 5.97 Å². The second kappa shape index (κ2) is 15.8. The molecule has 1 fully saturated rings. The van der Waals surface area contributed by atoms with E-state index in [0.717, 1.165) is 37.7 Å². The maximum absolute atomic E-state index is 12.8. The Balaban J connectivity index is 1.87. The number of aliphatic hydroxyl groups is 1. The largest absolute Gasteiger partial charge is 0.490 e. The molecular formula is C28H46N2O7. The van der Waals surface area contributed by atoms with Crippen molar-refractivity contribution in [3.05, 3.63) is 23.3 Å². The number of hydrogen-bond donors (Lipinski definition) is 3. The maximum atomic E-state index is 12.8. The summed E-state index contributed by atoms with van der Waals surface area (Å²) in [7, 11) is 0. The Labute approximate surface area is 221 Å². The van der Waals surface area contributed by atoms with E-state index in [-0.39, 0.29) is 25.0 Å². The first-order valence-corrected chi connectivity index (χ1v) is 13.5. The Bertz CT molecular complexity index is 853. The van der Waals surface area contributed by atoms with Crippen LogP contribution in [0.2, 0.25) is 0 Å². The highest BCUT2D eigenvalue weighted by molar-refractivity contribution is 5.92. The van der Waals surface area contributed by atoms with Crippen LogP contribution in [0.15, 0.2) is 12.1 Å². The molecule has 0 saturated carbocycles. The number of aryl methyl sites for hydroxylation is 1. The molecule has 1 aromatic rings. The van der Waals surface area contributed by atoms with Crippen molar-refractivity contribution in [3.63, 3.8) is 0 Å². The van der Waals surface area contributed by atoms with E-state index in [1.54, 1.807) is 12.1 Å². The van der Waals surface area contributed by atoms with Crippen LogP contribution in [0.3, 0.4) is 0 Å². The molecule has 0 aromatic heterocycles. The summed E-state index contributed by atoms with van der Waals surface area (Å²) in [6.45, 7) is 12.5. The number of aliphatic hydroxyl groups excluding tert-OH is 1. The fourth-order valence-corrected chi connectivity index (χ4v) is 3.72. The number of hydrogen-bond acceptors (Lipinski definition) is 8. The van der Waals surface area contributed by atoms with Gasteiger partial charge in [-0.2, -0.15) is 0 Å². The monoisotopic (exact) mass is 522 g/mol. The zero-order valence-electron chi connectivity index (χ0n) is 23.2. The summed E-state index contributed by atoms with van der Waals surface area (Å²) in [5.41, 5.74) is 0.652. The molecule has 1 saturated heterocycles. The van der Waals surface area contributed by atoms with Gasteiger partial charge in [0, 0.05) is 25.2 Å². The van der Waals surface area contributed by atoms with Crippen LogP contribution in [0.1, 0.15) is 75.7 Å². The zero-order valence-corrected chi connectivity index (χ0v) is 23.2. The summed E-state index contributed by atoms with van der Waals surface area (Å²) in [5.74, 6) is 0.507. The number of amides is 1. The second-order valence-electron chi connectivity index (χ2n) is 10.3. The van der Waals surface area contributed by atoms with Gasteiger partial charge in [0.05, 0.1) is 31.3 Å². The highest BCUT2D eigenvalue weighted by Gasteiger charge is 2.26. The van der Waals surface area contributed by atoms with Crippen molar-refractivity contribution in [1.29, 1.82) is 0 Å². The van der Waals surface area contributed by atoms with E-state index >= 15 is 0 Å². The predicted octanol–water partition coefficient (Wildman–Crippen LogP) is 3.39. The summed E-state index contributed by atoms with van der Waals surface area (Å²) >= 11 is 0. The molecule has 210 valence electrons. The molecule has 1 aromatic carbocycles. The number of unbranched alkanes of at least 4 members (excludes halogenated alkanes) is 2. The number of β-amino-alcohol motifs (C(OH)–C–C–N with tert-alkyl or cyclic N) is 1. The molecule has 2 atom stereocenters. The van der Waals surface area contributed by atoms with E-state index in [1.807, 2.05) is 20.8 Å². The lowest BCUT2D eigenvalue weighted by Gasteiger charge is -2.28. The molecule has 0 radical (unpaired) electrons. The van der Waals surface area contributed by atoms with Crippen LogP contribution in [-0.4, -0.2) is 74.7 Å². The Morgan fingerprint density at radius 3 is 2.38 bits per heavy atom. The van der Waals surface area contributed by atoms with Crippen molar-refractivity contribution in [2.24, 2.45) is 5.92 Å². The minimum absolute atomic E-state index is 0.0166. The van der Waals surface area contributed by atoms with E-state index in [0.29, 0.717) is 50.0 Å². The predicted molar refractivity (Wildman–Crippen MR) is 142 cm³/mol. The third-order valence-corrected chi connectivity index (χ3v) is 6.25. The number of rotatable bonds is 17. The Morgan fingerprint density at radius 2 is 1.78 bits per heavy atom. The van der Waals surface area contributed by atoms with Crippen molar-refractivity contribution >= 4 is 11.9 Å². The van der Waals surface area contributed by atoms with Gasteiger partial charge in [-0.25, -0.2) is 4.79 Å². The molecule has 37 heavy (non-hydrogen) atoms. The fraction of sp³-hybridized carbons (Fsp3) is 0.714. The van der Waals surface area contributed by atoms with Crippen LogP contribution >= 0.6 is 0 Å². The first-order valence-electron chi connectivity index (χ1n) is 13.5. The maximum Gasteiger partial charge on any atom is 0.338 e. The quantitative estimate of drug-likeness (QED) is 0.211. The molecule has 1 aliphatic rings. The average molecular weight is 523 g/mol. The van der Waals surface area contributed by atoms with Crippen LogP contribution in [0.25, 0.3) is 0 Å². The molecule has 3 N–H and O–H groups in total. The lowest BCUT2D eigenvalue weighted by Crippen LogP contribution is -2.52. The molecule has 1 heterocycles. The third-order valence-electron chi connectivity index (χ3n) is 6.25. The van der Waals surface area contributed by atoms with E-state index in [2.05, 4.69) is 24.5 Å². The summed E-state index contributed by atoms with van der Waals surface area (Å²) in [4.78, 5) is 25.0. The molecular weight excluding hydrogens is 476 g/mol. The zero-order chi connectivity index (χ0) is 27.3.